The standard InChI is InChI=1S/C6H13NO3/c7-4-1-5(9)6(2-8)10-3-4/h4-6,8-9H,1-3,7H2/t4-,5-,6+/m0/s1/i3D/t3?,4-,5-,6+. The van der Waals surface area contributed by atoms with Gasteiger partial charge in [-0.1, -0.05) is 0 Å². The highest BCUT2D eigenvalue weighted by atomic mass is 16.5. The molecule has 10 heavy (non-hydrogen) atoms. The largest absolute Gasteiger partial charge is 0.394 e. The molecule has 1 aliphatic rings. The van der Waals surface area contributed by atoms with E-state index in [-0.39, 0.29) is 6.61 Å². The molecule has 60 valence electrons. The highest BCUT2D eigenvalue weighted by Gasteiger charge is 2.26. The zero-order valence-corrected chi connectivity index (χ0v) is 5.60. The van der Waals surface area contributed by atoms with Crippen LogP contribution >= 0.6 is 0 Å². The van der Waals surface area contributed by atoms with Gasteiger partial charge in [-0.25, -0.2) is 0 Å². The Bertz CT molecular complexity index is 135. The molecule has 0 aromatic heterocycles. The summed E-state index contributed by atoms with van der Waals surface area (Å²) in [6, 6.07) is -0.451. The Kier molecular flexibility index (Phi) is 2.16. The lowest BCUT2D eigenvalue weighted by atomic mass is 10.0. The van der Waals surface area contributed by atoms with E-state index in [1.165, 1.54) is 0 Å². The highest BCUT2D eigenvalue weighted by molar-refractivity contribution is 4.79. The second kappa shape index (κ2) is 3.30. The number of hydrogen-bond acceptors (Lipinski definition) is 4. The summed E-state index contributed by atoms with van der Waals surface area (Å²) in [4.78, 5) is 0. The molecule has 1 saturated heterocycles. The minimum absolute atomic E-state index is 0.261. The third kappa shape index (κ3) is 1.67. The van der Waals surface area contributed by atoms with Gasteiger partial charge >= 0.3 is 0 Å². The Labute approximate surface area is 61.0 Å². The first-order valence-corrected chi connectivity index (χ1v) is 3.27. The molecular formula is C6H13NO3. The maximum absolute atomic E-state index is 9.21. The van der Waals surface area contributed by atoms with Crippen molar-refractivity contribution >= 4 is 0 Å². The van der Waals surface area contributed by atoms with E-state index in [1.807, 2.05) is 0 Å². The fourth-order valence-electron chi connectivity index (χ4n) is 0.943. The van der Waals surface area contributed by atoms with Crippen LogP contribution < -0.4 is 5.73 Å². The smallest absolute Gasteiger partial charge is 0.106 e. The minimum atomic E-state index is -0.824. The summed E-state index contributed by atoms with van der Waals surface area (Å²) in [5.74, 6) is 0. The molecular weight excluding hydrogens is 134 g/mol. The number of hydrogen-bond donors (Lipinski definition) is 3. The van der Waals surface area contributed by atoms with Crippen molar-refractivity contribution in [1.82, 2.24) is 0 Å². The van der Waals surface area contributed by atoms with Crippen LogP contribution in [0, 0.1) is 0 Å². The predicted octanol–water partition coefficient (Wildman–Crippen LogP) is -1.54. The predicted molar refractivity (Wildman–Crippen MR) is 35.4 cm³/mol. The molecule has 4 heteroatoms. The molecule has 0 bridgehead atoms. The van der Waals surface area contributed by atoms with Crippen molar-refractivity contribution < 1.29 is 16.3 Å². The van der Waals surface area contributed by atoms with Crippen molar-refractivity contribution in [3.05, 3.63) is 0 Å². The van der Waals surface area contributed by atoms with E-state index in [9.17, 15) is 5.11 Å². The first-order valence-electron chi connectivity index (χ1n) is 3.85. The van der Waals surface area contributed by atoms with Crippen LogP contribution in [0.25, 0.3) is 0 Å². The highest BCUT2D eigenvalue weighted by Crippen LogP contribution is 2.12. The second-order valence-corrected chi connectivity index (χ2v) is 2.46. The zero-order valence-electron chi connectivity index (χ0n) is 6.60. The van der Waals surface area contributed by atoms with Crippen molar-refractivity contribution in [2.45, 2.75) is 24.7 Å². The maximum Gasteiger partial charge on any atom is 0.106 e. The lowest BCUT2D eigenvalue weighted by Crippen LogP contribution is -2.46. The van der Waals surface area contributed by atoms with Crippen LogP contribution in [-0.2, 0) is 4.74 Å². The van der Waals surface area contributed by atoms with Gasteiger partial charge in [-0.3, -0.25) is 0 Å². The van der Waals surface area contributed by atoms with Gasteiger partial charge in [0.25, 0.3) is 0 Å². The second-order valence-electron chi connectivity index (χ2n) is 2.46. The van der Waals surface area contributed by atoms with Gasteiger partial charge in [-0.2, -0.15) is 0 Å². The molecule has 4 N–H and O–H groups in total. The molecule has 4 atom stereocenters. The average molecular weight is 148 g/mol. The van der Waals surface area contributed by atoms with Gasteiger partial charge < -0.3 is 20.7 Å². The summed E-state index contributed by atoms with van der Waals surface area (Å²) >= 11 is 0. The lowest BCUT2D eigenvalue weighted by molar-refractivity contribution is -0.101. The Morgan fingerprint density at radius 1 is 1.80 bits per heavy atom. The van der Waals surface area contributed by atoms with Crippen LogP contribution in [0.4, 0.5) is 0 Å². The molecule has 0 radical (unpaired) electrons. The molecule has 0 aromatic carbocycles. The van der Waals surface area contributed by atoms with E-state index in [2.05, 4.69) is 0 Å². The molecule has 0 aliphatic carbocycles. The monoisotopic (exact) mass is 148 g/mol. The maximum atomic E-state index is 9.21. The van der Waals surface area contributed by atoms with Crippen molar-refractivity contribution in [1.29, 1.82) is 0 Å². The van der Waals surface area contributed by atoms with Crippen LogP contribution in [0.15, 0.2) is 0 Å². The number of ether oxygens (including phenoxy) is 1. The van der Waals surface area contributed by atoms with Gasteiger partial charge in [0.15, 0.2) is 0 Å². The topological polar surface area (TPSA) is 75.7 Å². The Hall–Kier alpha value is -0.160. The molecule has 1 rings (SSSR count). The summed E-state index contributed by atoms with van der Waals surface area (Å²) < 4.78 is 12.1. The van der Waals surface area contributed by atoms with Crippen LogP contribution in [0.2, 0.25) is 0 Å². The van der Waals surface area contributed by atoms with E-state index in [4.69, 9.17) is 16.9 Å². The Balaban J connectivity index is 2.48. The summed E-state index contributed by atoms with van der Waals surface area (Å²) in [5.41, 5.74) is 5.43. The minimum Gasteiger partial charge on any atom is -0.394 e. The third-order valence-corrected chi connectivity index (χ3v) is 1.55. The number of nitrogens with two attached hydrogens (primary N) is 1. The quantitative estimate of drug-likeness (QED) is 0.421. The van der Waals surface area contributed by atoms with E-state index in [1.54, 1.807) is 0 Å². The summed E-state index contributed by atoms with van der Waals surface area (Å²) in [6.07, 6.45) is -1.06. The van der Waals surface area contributed by atoms with Crippen molar-refractivity contribution in [2.75, 3.05) is 13.2 Å². The average Bonchev–Trinajstić information content (AvgIpc) is 1.97. The molecule has 4 nitrogen and oxygen atoms in total. The zero-order chi connectivity index (χ0) is 8.43. The van der Waals surface area contributed by atoms with Crippen molar-refractivity contribution in [2.24, 2.45) is 5.73 Å². The summed E-state index contributed by atoms with van der Waals surface area (Å²) in [7, 11) is 0. The van der Waals surface area contributed by atoms with Gasteiger partial charge in [0.05, 0.1) is 20.7 Å². The van der Waals surface area contributed by atoms with E-state index in [0.29, 0.717) is 6.42 Å². The van der Waals surface area contributed by atoms with E-state index in [0.717, 1.165) is 0 Å². The fourth-order valence-corrected chi connectivity index (χ4v) is 0.943. The molecule has 1 aliphatic heterocycles. The third-order valence-electron chi connectivity index (χ3n) is 1.55. The molecule has 0 aromatic rings. The number of aliphatic hydroxyl groups is 2. The molecule has 0 saturated carbocycles. The van der Waals surface area contributed by atoms with E-state index >= 15 is 0 Å². The Morgan fingerprint density at radius 2 is 2.50 bits per heavy atom. The molecule has 1 heterocycles. The van der Waals surface area contributed by atoms with E-state index < -0.39 is 24.8 Å². The molecule has 0 amide bonds. The van der Waals surface area contributed by atoms with Gasteiger partial charge in [-0.15, -0.1) is 0 Å². The van der Waals surface area contributed by atoms with Gasteiger partial charge in [0.2, 0.25) is 0 Å². The van der Waals surface area contributed by atoms with Crippen molar-refractivity contribution in [3.8, 4) is 0 Å². The number of rotatable bonds is 1. The van der Waals surface area contributed by atoms with Crippen LogP contribution in [0.1, 0.15) is 7.79 Å². The SMILES string of the molecule is [2H]C1O[C@H](CO)[C@@H](O)C[C@@H]1N. The number of aliphatic hydroxyl groups excluding tert-OH is 2. The molecule has 1 fully saturated rings. The first kappa shape index (κ1) is 6.54. The first-order chi connectivity index (χ1) is 5.15. The summed E-state index contributed by atoms with van der Waals surface area (Å²) in [6.45, 7) is -1.08. The van der Waals surface area contributed by atoms with Crippen LogP contribution in [0.5, 0.6) is 0 Å². The van der Waals surface area contributed by atoms with Crippen molar-refractivity contribution in [3.63, 3.8) is 0 Å². The Morgan fingerprint density at radius 3 is 3.10 bits per heavy atom. The van der Waals surface area contributed by atoms with Crippen LogP contribution in [-0.4, -0.2) is 41.7 Å². The molecule has 1 unspecified atom stereocenters. The normalized spacial score (nSPS) is 50.5. The van der Waals surface area contributed by atoms with Gasteiger partial charge in [-0.05, 0) is 6.42 Å². The lowest BCUT2D eigenvalue weighted by Gasteiger charge is -2.30. The molecule has 0 spiro atoms. The fraction of sp³-hybridized carbons (Fsp3) is 1.00. The van der Waals surface area contributed by atoms with Crippen LogP contribution in [0.3, 0.4) is 0 Å². The summed E-state index contributed by atoms with van der Waals surface area (Å²) in [5, 5.41) is 17.9. The van der Waals surface area contributed by atoms with Gasteiger partial charge in [0.1, 0.15) is 6.10 Å². The van der Waals surface area contributed by atoms with Gasteiger partial charge in [0, 0.05) is 6.04 Å².